The third-order valence-corrected chi connectivity index (χ3v) is 3.07. The first-order valence-electron chi connectivity index (χ1n) is 4.34. The maximum absolute atomic E-state index is 12.4. The van der Waals surface area contributed by atoms with Crippen LogP contribution in [0.2, 0.25) is 0 Å². The van der Waals surface area contributed by atoms with Crippen LogP contribution in [-0.4, -0.2) is 26.8 Å². The van der Waals surface area contributed by atoms with E-state index in [0.29, 0.717) is 0 Å². The molecule has 0 aromatic heterocycles. The summed E-state index contributed by atoms with van der Waals surface area (Å²) in [4.78, 5) is 0. The van der Waals surface area contributed by atoms with Crippen LogP contribution < -0.4 is 3.02 Å². The van der Waals surface area contributed by atoms with Gasteiger partial charge in [-0.2, -0.15) is 0 Å². The van der Waals surface area contributed by atoms with Crippen molar-refractivity contribution in [1.29, 1.82) is 0 Å². The quantitative estimate of drug-likeness (QED) is 0.588. The summed E-state index contributed by atoms with van der Waals surface area (Å²) in [5.74, 6) is -1.19. The molecule has 1 rings (SSSR count). The van der Waals surface area contributed by atoms with Gasteiger partial charge in [0.25, 0.3) is 0 Å². The number of alkyl halides is 6. The summed E-state index contributed by atoms with van der Waals surface area (Å²) in [5, 5.41) is 0. The normalized spacial score (nSPS) is 13.5. The first kappa shape index (κ1) is 16.2. The molecule has 0 saturated carbocycles. The van der Waals surface area contributed by atoms with Crippen LogP contribution in [0.5, 0.6) is 5.75 Å². The van der Waals surface area contributed by atoms with Gasteiger partial charge in [0.1, 0.15) is 0 Å². The SMILES string of the molecule is [O]=[Sb]([OH])([OH])[O]c1cc(C(F)(F)F)cc(C(F)(F)F)c1. The molecule has 0 aliphatic rings. The van der Waals surface area contributed by atoms with Crippen molar-refractivity contribution in [2.75, 3.05) is 0 Å². The van der Waals surface area contributed by atoms with Crippen LogP contribution in [0, 0.1) is 0 Å². The van der Waals surface area contributed by atoms with Crippen LogP contribution in [0.4, 0.5) is 26.3 Å². The zero-order valence-electron chi connectivity index (χ0n) is 8.66. The first-order chi connectivity index (χ1) is 8.29. The molecule has 0 fully saturated rings. The Labute approximate surface area is 107 Å². The van der Waals surface area contributed by atoms with Crippen molar-refractivity contribution in [3.8, 4) is 5.75 Å². The summed E-state index contributed by atoms with van der Waals surface area (Å²) < 4.78 is 105. The molecule has 0 bridgehead atoms. The summed E-state index contributed by atoms with van der Waals surface area (Å²) in [6.07, 6.45) is -10.2. The predicted molar refractivity (Wildman–Crippen MR) is 48.0 cm³/mol. The van der Waals surface area contributed by atoms with Gasteiger partial charge in [-0.3, -0.25) is 0 Å². The molecule has 19 heavy (non-hydrogen) atoms. The fraction of sp³-hybridized carbons (Fsp3) is 0.250. The van der Waals surface area contributed by atoms with Crippen LogP contribution in [0.1, 0.15) is 11.1 Å². The number of hydrogen-bond donors (Lipinski definition) is 2. The van der Waals surface area contributed by atoms with E-state index in [4.69, 9.17) is 6.77 Å². The molecule has 2 N–H and O–H groups in total. The minimum absolute atomic E-state index is 0.0860. The Hall–Kier alpha value is -0.862. The summed E-state index contributed by atoms with van der Waals surface area (Å²) in [5.41, 5.74) is -3.43. The zero-order chi connectivity index (χ0) is 15.1. The molecule has 0 unspecified atom stereocenters. The molecule has 0 radical (unpaired) electrons. The van der Waals surface area contributed by atoms with E-state index in [-0.39, 0.29) is 18.2 Å². The molecule has 11 heteroatoms. The van der Waals surface area contributed by atoms with Crippen LogP contribution in [0.3, 0.4) is 0 Å². The predicted octanol–water partition coefficient (Wildman–Crippen LogP) is 1.95. The van der Waals surface area contributed by atoms with Gasteiger partial charge in [0.15, 0.2) is 0 Å². The molecule has 4 nitrogen and oxygen atoms in total. The standard InChI is InChI=1S/C8H4F6O.2H2O.O.Sb/c9-7(10,11)4-1-5(8(12,13)14)3-6(15)2-4;;;;/h1-3,15H;2*1H2;;/q;;;;+3/p-3. The minimum atomic E-state index is -6.16. The molecule has 1 aromatic carbocycles. The van der Waals surface area contributed by atoms with E-state index in [1.165, 1.54) is 0 Å². The van der Waals surface area contributed by atoms with Gasteiger partial charge in [0.2, 0.25) is 0 Å². The van der Waals surface area contributed by atoms with Gasteiger partial charge in [-0.25, -0.2) is 0 Å². The molecule has 0 spiro atoms. The van der Waals surface area contributed by atoms with Crippen molar-refractivity contribution in [2.45, 2.75) is 12.4 Å². The monoisotopic (exact) mass is 400 g/mol. The second kappa shape index (κ2) is 4.91. The fourth-order valence-corrected chi connectivity index (χ4v) is 2.20. The third kappa shape index (κ3) is 4.96. The third-order valence-electron chi connectivity index (χ3n) is 1.79. The maximum atomic E-state index is 12.4. The first-order valence-corrected chi connectivity index (χ1v) is 8.70. The van der Waals surface area contributed by atoms with E-state index < -0.39 is 49.3 Å². The van der Waals surface area contributed by atoms with Crippen molar-refractivity contribution >= 4 is 20.1 Å². The molecular weight excluding hydrogens is 396 g/mol. The average molecular weight is 401 g/mol. The molecule has 0 atom stereocenters. The van der Waals surface area contributed by atoms with Crippen molar-refractivity contribution in [3.05, 3.63) is 29.3 Å². The van der Waals surface area contributed by atoms with Crippen molar-refractivity contribution in [3.63, 3.8) is 0 Å². The van der Waals surface area contributed by atoms with E-state index >= 15 is 0 Å². The Morgan fingerprint density at radius 2 is 1.26 bits per heavy atom. The van der Waals surface area contributed by atoms with Gasteiger partial charge in [-0.15, -0.1) is 0 Å². The molecule has 0 aliphatic heterocycles. The number of rotatable bonds is 2. The molecule has 0 saturated heterocycles. The molecule has 1 aromatic rings. The van der Waals surface area contributed by atoms with Gasteiger partial charge in [-0.05, 0) is 0 Å². The van der Waals surface area contributed by atoms with Gasteiger partial charge in [-0.1, -0.05) is 0 Å². The molecule has 0 heterocycles. The van der Waals surface area contributed by atoms with Crippen LogP contribution in [0.25, 0.3) is 0 Å². The topological polar surface area (TPSA) is 66.8 Å². The Kier molecular flexibility index (Phi) is 4.19. The average Bonchev–Trinajstić information content (AvgIpc) is 2.11. The van der Waals surface area contributed by atoms with Crippen LogP contribution >= 0.6 is 0 Å². The Morgan fingerprint density at radius 1 is 0.895 bits per heavy atom. The van der Waals surface area contributed by atoms with E-state index in [1.54, 1.807) is 0 Å². The zero-order valence-corrected chi connectivity index (χ0v) is 11.2. The summed E-state index contributed by atoms with van der Waals surface area (Å²) in [6, 6.07) is -0.00600. The Balaban J connectivity index is 3.37. The fourth-order valence-electron chi connectivity index (χ4n) is 1.12. The summed E-state index contributed by atoms with van der Waals surface area (Å²) in [7, 11) is 0. The second-order valence-electron chi connectivity index (χ2n) is 3.32. The van der Waals surface area contributed by atoms with Crippen LogP contribution in [0.15, 0.2) is 18.2 Å². The van der Waals surface area contributed by atoms with Gasteiger partial charge in [0, 0.05) is 0 Å². The molecule has 108 valence electrons. The summed E-state index contributed by atoms with van der Waals surface area (Å²) in [6.45, 7) is 0. The van der Waals surface area contributed by atoms with Crippen molar-refractivity contribution in [2.24, 2.45) is 0 Å². The van der Waals surface area contributed by atoms with Crippen molar-refractivity contribution in [1.82, 2.24) is 0 Å². The van der Waals surface area contributed by atoms with E-state index in [0.717, 1.165) is 0 Å². The van der Waals surface area contributed by atoms with E-state index in [1.807, 2.05) is 0 Å². The Morgan fingerprint density at radius 3 is 1.53 bits per heavy atom. The van der Waals surface area contributed by atoms with Crippen molar-refractivity contribution < 1.29 is 39.1 Å². The Bertz CT molecular complexity index is 485. The van der Waals surface area contributed by atoms with Gasteiger partial charge < -0.3 is 0 Å². The number of benzene rings is 1. The molecular formula is C8H5F6O4Sb. The van der Waals surface area contributed by atoms with E-state index in [2.05, 4.69) is 3.02 Å². The summed E-state index contributed by atoms with van der Waals surface area (Å²) >= 11 is -6.16. The van der Waals surface area contributed by atoms with Crippen LogP contribution in [-0.2, 0) is 15.4 Å². The molecule has 0 amide bonds. The molecule has 0 aliphatic carbocycles. The second-order valence-corrected chi connectivity index (χ2v) is 6.64. The number of halogens is 6. The van der Waals surface area contributed by atoms with E-state index in [9.17, 15) is 29.4 Å². The van der Waals surface area contributed by atoms with Gasteiger partial charge >= 0.3 is 107 Å². The number of hydrogen-bond acceptors (Lipinski definition) is 2. The van der Waals surface area contributed by atoms with Gasteiger partial charge in [0.05, 0.1) is 0 Å².